The SMILES string of the molecule is CCC1(c2ccccc2)NC(=O)N(CN(Cc2ccccc2)CC(F)(F)F)C1=O. The highest BCUT2D eigenvalue weighted by molar-refractivity contribution is 6.07. The molecule has 5 nitrogen and oxygen atoms in total. The lowest BCUT2D eigenvalue weighted by molar-refractivity contribution is -0.154. The lowest BCUT2D eigenvalue weighted by Gasteiger charge is -2.29. The Hall–Kier alpha value is -2.87. The number of hydrogen-bond donors (Lipinski definition) is 1. The number of benzene rings is 2. The van der Waals surface area contributed by atoms with Gasteiger partial charge >= 0.3 is 12.2 Å². The predicted molar refractivity (Wildman–Crippen MR) is 102 cm³/mol. The number of nitrogens with zero attached hydrogens (tertiary/aromatic N) is 2. The highest BCUT2D eigenvalue weighted by Gasteiger charge is 2.51. The zero-order valence-corrected chi connectivity index (χ0v) is 15.9. The molecular weight excluding hydrogens is 383 g/mol. The number of halogens is 3. The summed E-state index contributed by atoms with van der Waals surface area (Å²) >= 11 is 0. The van der Waals surface area contributed by atoms with Crippen LogP contribution in [0.4, 0.5) is 18.0 Å². The van der Waals surface area contributed by atoms with Crippen LogP contribution in [0.3, 0.4) is 0 Å². The first-order chi connectivity index (χ1) is 13.7. The third-order valence-corrected chi connectivity index (χ3v) is 4.97. The molecule has 0 spiro atoms. The number of carbonyl (C=O) groups excluding carboxylic acids is 2. The summed E-state index contributed by atoms with van der Waals surface area (Å²) < 4.78 is 39.3. The average Bonchev–Trinajstić information content (AvgIpc) is 2.93. The van der Waals surface area contributed by atoms with Gasteiger partial charge in [0.2, 0.25) is 0 Å². The topological polar surface area (TPSA) is 52.7 Å². The van der Waals surface area contributed by atoms with E-state index in [0.717, 1.165) is 9.80 Å². The van der Waals surface area contributed by atoms with Crippen LogP contribution >= 0.6 is 0 Å². The second kappa shape index (κ2) is 8.24. The van der Waals surface area contributed by atoms with Crippen molar-refractivity contribution in [3.63, 3.8) is 0 Å². The van der Waals surface area contributed by atoms with Crippen LogP contribution in [0.25, 0.3) is 0 Å². The number of rotatable bonds is 7. The van der Waals surface area contributed by atoms with Gasteiger partial charge in [0.1, 0.15) is 5.54 Å². The van der Waals surface area contributed by atoms with Crippen LogP contribution < -0.4 is 5.32 Å². The molecule has 1 fully saturated rings. The van der Waals surface area contributed by atoms with E-state index in [4.69, 9.17) is 0 Å². The van der Waals surface area contributed by atoms with Gasteiger partial charge < -0.3 is 5.32 Å². The summed E-state index contributed by atoms with van der Waals surface area (Å²) in [5.74, 6) is -0.545. The van der Waals surface area contributed by atoms with Crippen molar-refractivity contribution < 1.29 is 22.8 Å². The summed E-state index contributed by atoms with van der Waals surface area (Å²) in [5, 5.41) is 2.69. The van der Waals surface area contributed by atoms with Crippen LogP contribution in [0.1, 0.15) is 24.5 Å². The van der Waals surface area contributed by atoms with Gasteiger partial charge in [0, 0.05) is 6.54 Å². The first-order valence-corrected chi connectivity index (χ1v) is 9.28. The number of carbonyl (C=O) groups is 2. The number of amides is 3. The van der Waals surface area contributed by atoms with Gasteiger partial charge in [0.15, 0.2) is 0 Å². The Balaban J connectivity index is 1.85. The van der Waals surface area contributed by atoms with E-state index in [2.05, 4.69) is 5.32 Å². The van der Waals surface area contributed by atoms with Crippen LogP contribution in [0.2, 0.25) is 0 Å². The molecule has 3 rings (SSSR count). The van der Waals surface area contributed by atoms with E-state index in [1.165, 1.54) is 0 Å². The van der Waals surface area contributed by atoms with Crippen molar-refractivity contribution in [3.05, 3.63) is 71.8 Å². The number of imide groups is 1. The quantitative estimate of drug-likeness (QED) is 0.712. The fraction of sp³-hybridized carbons (Fsp3) is 0.333. The minimum atomic E-state index is -4.46. The smallest absolute Gasteiger partial charge is 0.319 e. The molecule has 1 unspecified atom stereocenters. The summed E-state index contributed by atoms with van der Waals surface area (Å²) in [6.45, 7) is 0.0328. The van der Waals surface area contributed by atoms with Crippen molar-refractivity contribution in [3.8, 4) is 0 Å². The summed E-state index contributed by atoms with van der Waals surface area (Å²) in [7, 11) is 0. The number of urea groups is 1. The molecule has 1 saturated heterocycles. The maximum atomic E-state index is 13.2. The molecule has 1 atom stereocenters. The van der Waals surface area contributed by atoms with Crippen LogP contribution in [-0.4, -0.2) is 41.1 Å². The van der Waals surface area contributed by atoms with Crippen molar-refractivity contribution in [2.45, 2.75) is 31.6 Å². The maximum absolute atomic E-state index is 13.2. The minimum Gasteiger partial charge on any atom is -0.319 e. The molecule has 1 aliphatic rings. The average molecular weight is 405 g/mol. The fourth-order valence-corrected chi connectivity index (χ4v) is 3.57. The molecule has 0 saturated carbocycles. The lowest BCUT2D eigenvalue weighted by Crippen LogP contribution is -2.46. The number of nitrogens with one attached hydrogen (secondary N) is 1. The van der Waals surface area contributed by atoms with Crippen LogP contribution in [0.5, 0.6) is 0 Å². The van der Waals surface area contributed by atoms with Gasteiger partial charge in [-0.3, -0.25) is 9.69 Å². The Morgan fingerprint density at radius 3 is 2.14 bits per heavy atom. The Morgan fingerprint density at radius 1 is 1.00 bits per heavy atom. The normalized spacial score (nSPS) is 19.7. The van der Waals surface area contributed by atoms with Crippen molar-refractivity contribution >= 4 is 11.9 Å². The van der Waals surface area contributed by atoms with Crippen LogP contribution in [0, 0.1) is 0 Å². The maximum Gasteiger partial charge on any atom is 0.401 e. The highest BCUT2D eigenvalue weighted by Crippen LogP contribution is 2.32. The Bertz CT molecular complexity index is 858. The van der Waals surface area contributed by atoms with Gasteiger partial charge in [-0.1, -0.05) is 67.6 Å². The molecule has 3 amide bonds. The molecule has 8 heteroatoms. The zero-order chi connectivity index (χ0) is 21.1. The molecule has 29 heavy (non-hydrogen) atoms. The molecule has 2 aromatic rings. The number of alkyl halides is 3. The van der Waals surface area contributed by atoms with Crippen molar-refractivity contribution in [2.75, 3.05) is 13.2 Å². The summed E-state index contributed by atoms with van der Waals surface area (Å²) in [5.41, 5.74) is -0.00275. The fourth-order valence-electron chi connectivity index (χ4n) is 3.57. The first kappa shape index (κ1) is 20.9. The summed E-state index contributed by atoms with van der Waals surface area (Å²) in [6.07, 6.45) is -4.18. The van der Waals surface area contributed by atoms with Gasteiger partial charge in [-0.25, -0.2) is 9.69 Å². The molecule has 1 aliphatic heterocycles. The molecule has 1 N–H and O–H groups in total. The summed E-state index contributed by atoms with van der Waals surface area (Å²) in [6, 6.07) is 16.7. The molecule has 2 aromatic carbocycles. The van der Waals surface area contributed by atoms with Gasteiger partial charge in [0.05, 0.1) is 13.2 Å². The largest absolute Gasteiger partial charge is 0.401 e. The highest BCUT2D eigenvalue weighted by atomic mass is 19.4. The van der Waals surface area contributed by atoms with Gasteiger partial charge in [-0.05, 0) is 17.5 Å². The Morgan fingerprint density at radius 2 is 1.59 bits per heavy atom. The molecule has 1 heterocycles. The third-order valence-electron chi connectivity index (χ3n) is 4.97. The second-order valence-corrected chi connectivity index (χ2v) is 7.02. The minimum absolute atomic E-state index is 0.0398. The zero-order valence-electron chi connectivity index (χ0n) is 15.9. The third kappa shape index (κ3) is 4.59. The number of hydrogen-bond acceptors (Lipinski definition) is 3. The Labute approximate surface area is 167 Å². The molecular formula is C21H22F3N3O2. The van der Waals surface area contributed by atoms with E-state index >= 15 is 0 Å². The first-order valence-electron chi connectivity index (χ1n) is 9.28. The molecule has 0 bridgehead atoms. The van der Waals surface area contributed by atoms with E-state index in [-0.39, 0.29) is 13.0 Å². The van der Waals surface area contributed by atoms with Crippen molar-refractivity contribution in [1.29, 1.82) is 0 Å². The predicted octanol–water partition coefficient (Wildman–Crippen LogP) is 3.87. The second-order valence-electron chi connectivity index (χ2n) is 7.02. The van der Waals surface area contributed by atoms with Crippen molar-refractivity contribution in [1.82, 2.24) is 15.1 Å². The molecule has 0 aromatic heterocycles. The van der Waals surface area contributed by atoms with Gasteiger partial charge in [-0.15, -0.1) is 0 Å². The molecule has 0 radical (unpaired) electrons. The molecule has 154 valence electrons. The van der Waals surface area contributed by atoms with Crippen LogP contribution in [0.15, 0.2) is 60.7 Å². The summed E-state index contributed by atoms with van der Waals surface area (Å²) in [4.78, 5) is 27.6. The van der Waals surface area contributed by atoms with Crippen molar-refractivity contribution in [2.24, 2.45) is 0 Å². The monoisotopic (exact) mass is 405 g/mol. The van der Waals surface area contributed by atoms with E-state index in [9.17, 15) is 22.8 Å². The van der Waals surface area contributed by atoms with Gasteiger partial charge in [0.25, 0.3) is 5.91 Å². The van der Waals surface area contributed by atoms with Gasteiger partial charge in [-0.2, -0.15) is 13.2 Å². The van der Waals surface area contributed by atoms with E-state index in [0.29, 0.717) is 11.1 Å². The Kier molecular flexibility index (Phi) is 5.93. The van der Waals surface area contributed by atoms with Crippen LogP contribution in [-0.2, 0) is 16.9 Å². The standard InChI is InChI=1S/C21H22F3N3O2/c1-2-20(17-11-7-4-8-12-17)18(28)27(19(29)25-20)15-26(14-21(22,23)24)13-16-9-5-3-6-10-16/h3-12H,2,13-15H2,1H3,(H,25,29). The van der Waals surface area contributed by atoms with E-state index < -0.39 is 36.9 Å². The lowest BCUT2D eigenvalue weighted by atomic mass is 9.87. The molecule has 0 aliphatic carbocycles. The van der Waals surface area contributed by atoms with E-state index in [1.807, 2.05) is 0 Å². The van der Waals surface area contributed by atoms with E-state index in [1.54, 1.807) is 67.6 Å².